The average molecular weight is 450 g/mol. The SMILES string of the molecule is COc1ccc(-n2nc(C)c3sc(N(C)CC(=O)NCc4ccc(C)c(C)c4)nc32)cc1. The minimum atomic E-state index is -0.0431. The Morgan fingerprint density at radius 2 is 1.88 bits per heavy atom. The van der Waals surface area contributed by atoms with Gasteiger partial charge in [-0.3, -0.25) is 4.79 Å². The molecule has 0 bridgehead atoms. The maximum atomic E-state index is 12.5. The first-order valence-electron chi connectivity index (χ1n) is 10.4. The van der Waals surface area contributed by atoms with Crippen molar-refractivity contribution in [3.8, 4) is 11.4 Å². The topological polar surface area (TPSA) is 72.3 Å². The van der Waals surface area contributed by atoms with Gasteiger partial charge >= 0.3 is 0 Å². The molecule has 0 atom stereocenters. The average Bonchev–Trinajstić information content (AvgIpc) is 3.35. The van der Waals surface area contributed by atoms with E-state index in [2.05, 4.69) is 36.4 Å². The molecule has 1 N–H and O–H groups in total. The van der Waals surface area contributed by atoms with E-state index in [9.17, 15) is 4.79 Å². The second-order valence-corrected chi connectivity index (χ2v) is 8.87. The van der Waals surface area contributed by atoms with E-state index in [0.717, 1.165) is 38.2 Å². The minimum absolute atomic E-state index is 0.0431. The number of carbonyl (C=O) groups is 1. The smallest absolute Gasteiger partial charge is 0.239 e. The van der Waals surface area contributed by atoms with Crippen LogP contribution in [0.2, 0.25) is 0 Å². The zero-order valence-corrected chi connectivity index (χ0v) is 19.8. The van der Waals surface area contributed by atoms with Crippen LogP contribution < -0.4 is 15.0 Å². The highest BCUT2D eigenvalue weighted by molar-refractivity contribution is 7.22. The predicted molar refractivity (Wildman–Crippen MR) is 129 cm³/mol. The van der Waals surface area contributed by atoms with Crippen LogP contribution in [0.3, 0.4) is 0 Å². The molecule has 0 unspecified atom stereocenters. The van der Waals surface area contributed by atoms with E-state index in [4.69, 9.17) is 9.72 Å². The Morgan fingerprint density at radius 3 is 2.56 bits per heavy atom. The molecular formula is C24H27N5O2S. The molecule has 7 nitrogen and oxygen atoms in total. The number of rotatable bonds is 7. The number of likely N-dealkylation sites (N-methyl/N-ethyl adjacent to an activating group) is 1. The van der Waals surface area contributed by atoms with Gasteiger partial charge in [0.15, 0.2) is 10.8 Å². The number of amides is 1. The van der Waals surface area contributed by atoms with Gasteiger partial charge in [0.25, 0.3) is 0 Å². The first-order chi connectivity index (χ1) is 15.4. The zero-order chi connectivity index (χ0) is 22.8. The van der Waals surface area contributed by atoms with Crippen molar-refractivity contribution in [1.29, 1.82) is 0 Å². The lowest BCUT2D eigenvalue weighted by Crippen LogP contribution is -2.34. The van der Waals surface area contributed by atoms with Crippen molar-refractivity contribution in [2.75, 3.05) is 25.6 Å². The normalized spacial score (nSPS) is 11.0. The third-order valence-electron chi connectivity index (χ3n) is 5.46. The van der Waals surface area contributed by atoms with E-state index >= 15 is 0 Å². The zero-order valence-electron chi connectivity index (χ0n) is 19.0. The fraction of sp³-hybridized carbons (Fsp3) is 0.292. The summed E-state index contributed by atoms with van der Waals surface area (Å²) in [6.45, 7) is 6.88. The number of nitrogens with zero attached hydrogens (tertiary/aromatic N) is 4. The summed E-state index contributed by atoms with van der Waals surface area (Å²) in [6.07, 6.45) is 0. The van der Waals surface area contributed by atoms with Crippen molar-refractivity contribution in [2.24, 2.45) is 0 Å². The monoisotopic (exact) mass is 449 g/mol. The Hall–Kier alpha value is -3.39. The highest BCUT2D eigenvalue weighted by Crippen LogP contribution is 2.32. The van der Waals surface area contributed by atoms with Crippen LogP contribution in [-0.2, 0) is 11.3 Å². The van der Waals surface area contributed by atoms with Gasteiger partial charge in [0.05, 0.1) is 29.7 Å². The number of methoxy groups -OCH3 is 1. The Morgan fingerprint density at radius 1 is 1.12 bits per heavy atom. The van der Waals surface area contributed by atoms with Crippen LogP contribution in [-0.4, -0.2) is 41.4 Å². The van der Waals surface area contributed by atoms with Crippen molar-refractivity contribution >= 4 is 32.7 Å². The molecule has 0 saturated carbocycles. The molecule has 32 heavy (non-hydrogen) atoms. The molecular weight excluding hydrogens is 422 g/mol. The predicted octanol–water partition coefficient (Wildman–Crippen LogP) is 4.17. The van der Waals surface area contributed by atoms with Crippen molar-refractivity contribution in [3.63, 3.8) is 0 Å². The molecule has 2 aromatic heterocycles. The molecule has 0 aliphatic heterocycles. The number of anilines is 1. The van der Waals surface area contributed by atoms with E-state index in [1.165, 1.54) is 11.1 Å². The van der Waals surface area contributed by atoms with Gasteiger partial charge in [-0.1, -0.05) is 29.5 Å². The van der Waals surface area contributed by atoms with Gasteiger partial charge < -0.3 is 15.0 Å². The number of thiazole rings is 1. The number of aryl methyl sites for hydroxylation is 3. The number of ether oxygens (including phenoxy) is 1. The van der Waals surface area contributed by atoms with E-state index in [1.54, 1.807) is 18.4 Å². The first-order valence-corrected chi connectivity index (χ1v) is 11.2. The largest absolute Gasteiger partial charge is 0.497 e. The Kier molecular flexibility index (Phi) is 6.14. The third kappa shape index (κ3) is 4.45. The quantitative estimate of drug-likeness (QED) is 0.459. The van der Waals surface area contributed by atoms with Crippen LogP contribution in [0.1, 0.15) is 22.4 Å². The number of fused-ring (bicyclic) bond motifs is 1. The molecule has 4 rings (SSSR count). The molecule has 8 heteroatoms. The molecule has 1 amide bonds. The van der Waals surface area contributed by atoms with Crippen molar-refractivity contribution in [1.82, 2.24) is 20.1 Å². The number of hydrogen-bond acceptors (Lipinski definition) is 6. The standard InChI is InChI=1S/C24H27N5O2S/c1-15-6-7-18(12-16(15)2)13-25-21(30)14-28(4)24-26-23-22(32-24)17(3)27-29(23)19-8-10-20(31-5)11-9-19/h6-12H,13-14H2,1-5H3,(H,25,30). The Balaban J connectivity index is 1.46. The van der Waals surface area contributed by atoms with Crippen molar-refractivity contribution in [2.45, 2.75) is 27.3 Å². The van der Waals surface area contributed by atoms with Gasteiger partial charge in [0, 0.05) is 13.6 Å². The van der Waals surface area contributed by atoms with E-state index in [0.29, 0.717) is 6.54 Å². The van der Waals surface area contributed by atoms with Crippen molar-refractivity contribution in [3.05, 3.63) is 64.8 Å². The number of hydrogen-bond donors (Lipinski definition) is 1. The number of benzene rings is 2. The first kappa shape index (κ1) is 21.8. The van der Waals surface area contributed by atoms with Crippen LogP contribution in [0.25, 0.3) is 16.0 Å². The van der Waals surface area contributed by atoms with E-state index in [-0.39, 0.29) is 12.5 Å². The maximum absolute atomic E-state index is 12.5. The molecule has 2 heterocycles. The second kappa shape index (κ2) is 9.00. The van der Waals surface area contributed by atoms with E-state index in [1.807, 2.05) is 53.9 Å². The number of nitrogens with one attached hydrogen (secondary N) is 1. The Bertz CT molecular complexity index is 1260. The van der Waals surface area contributed by atoms with Gasteiger partial charge in [-0.25, -0.2) is 4.68 Å². The molecule has 0 fully saturated rings. The van der Waals surface area contributed by atoms with Gasteiger partial charge in [-0.2, -0.15) is 10.1 Å². The Labute approximate surface area is 191 Å². The fourth-order valence-corrected chi connectivity index (χ4v) is 4.39. The highest BCUT2D eigenvalue weighted by Gasteiger charge is 2.18. The molecule has 0 aliphatic rings. The summed E-state index contributed by atoms with van der Waals surface area (Å²) in [7, 11) is 3.53. The molecule has 0 saturated heterocycles. The summed E-state index contributed by atoms with van der Waals surface area (Å²) in [5.74, 6) is 0.748. The van der Waals surface area contributed by atoms with Gasteiger partial charge in [0.2, 0.25) is 5.91 Å². The van der Waals surface area contributed by atoms with Crippen LogP contribution in [0, 0.1) is 20.8 Å². The van der Waals surface area contributed by atoms with Crippen LogP contribution in [0.15, 0.2) is 42.5 Å². The summed E-state index contributed by atoms with van der Waals surface area (Å²) in [5.41, 5.74) is 6.18. The molecule has 4 aromatic rings. The molecule has 0 aliphatic carbocycles. The van der Waals surface area contributed by atoms with Crippen LogP contribution in [0.4, 0.5) is 5.13 Å². The van der Waals surface area contributed by atoms with Gasteiger partial charge in [0.1, 0.15) is 5.75 Å². The summed E-state index contributed by atoms with van der Waals surface area (Å²) in [6, 6.07) is 13.9. The summed E-state index contributed by atoms with van der Waals surface area (Å²) < 4.78 is 8.08. The molecule has 166 valence electrons. The summed E-state index contributed by atoms with van der Waals surface area (Å²) >= 11 is 1.54. The maximum Gasteiger partial charge on any atom is 0.239 e. The van der Waals surface area contributed by atoms with Gasteiger partial charge in [-0.05, 0) is 61.7 Å². The van der Waals surface area contributed by atoms with Gasteiger partial charge in [-0.15, -0.1) is 0 Å². The summed E-state index contributed by atoms with van der Waals surface area (Å²) in [4.78, 5) is 19.2. The van der Waals surface area contributed by atoms with Crippen LogP contribution >= 0.6 is 11.3 Å². The van der Waals surface area contributed by atoms with Crippen molar-refractivity contribution < 1.29 is 9.53 Å². The fourth-order valence-electron chi connectivity index (χ4n) is 3.44. The lowest BCUT2D eigenvalue weighted by atomic mass is 10.1. The molecule has 0 spiro atoms. The van der Waals surface area contributed by atoms with Crippen LogP contribution in [0.5, 0.6) is 5.75 Å². The second-order valence-electron chi connectivity index (χ2n) is 7.90. The lowest BCUT2D eigenvalue weighted by molar-refractivity contribution is -0.119. The molecule has 2 aromatic carbocycles. The lowest BCUT2D eigenvalue weighted by Gasteiger charge is -2.15. The minimum Gasteiger partial charge on any atom is -0.497 e. The summed E-state index contributed by atoms with van der Waals surface area (Å²) in [5, 5.41) is 8.42. The highest BCUT2D eigenvalue weighted by atomic mass is 32.1. The number of carbonyl (C=O) groups excluding carboxylic acids is 1. The third-order valence-corrected chi connectivity index (χ3v) is 6.73. The molecule has 0 radical (unpaired) electrons. The number of aromatic nitrogens is 3. The van der Waals surface area contributed by atoms with E-state index < -0.39 is 0 Å².